The predicted octanol–water partition coefficient (Wildman–Crippen LogP) is 2.92. The molecule has 0 aliphatic carbocycles. The van der Waals surface area contributed by atoms with Crippen molar-refractivity contribution in [1.82, 2.24) is 9.97 Å². The van der Waals surface area contributed by atoms with Crippen LogP contribution in [0.25, 0.3) is 0 Å². The Labute approximate surface area is 118 Å². The Morgan fingerprint density at radius 2 is 1.95 bits per heavy atom. The van der Waals surface area contributed by atoms with Gasteiger partial charge in [-0.25, -0.2) is 23.5 Å². The predicted molar refractivity (Wildman–Crippen MR) is 67.2 cm³/mol. The molecule has 1 aromatic heterocycles. The summed E-state index contributed by atoms with van der Waals surface area (Å²) in [4.78, 5) is 29.9. The van der Waals surface area contributed by atoms with E-state index in [0.29, 0.717) is 0 Å². The number of anilines is 1. The Balaban J connectivity index is 3.04. The highest BCUT2D eigenvalue weighted by Crippen LogP contribution is 2.23. The summed E-state index contributed by atoms with van der Waals surface area (Å²) >= 11 is 5.59. The van der Waals surface area contributed by atoms with Gasteiger partial charge < -0.3 is 4.74 Å². The van der Waals surface area contributed by atoms with Crippen LogP contribution in [0.4, 0.5) is 19.4 Å². The van der Waals surface area contributed by atoms with Gasteiger partial charge in [0.15, 0.2) is 5.82 Å². The second kappa shape index (κ2) is 6.08. The van der Waals surface area contributed by atoms with E-state index in [-0.39, 0.29) is 0 Å². The van der Waals surface area contributed by atoms with Crippen LogP contribution in [0.1, 0.15) is 31.1 Å². The van der Waals surface area contributed by atoms with E-state index in [1.807, 2.05) is 0 Å². The van der Waals surface area contributed by atoms with Crippen LogP contribution in [-0.2, 0) is 4.74 Å². The summed E-state index contributed by atoms with van der Waals surface area (Å²) in [5.41, 5.74) is -1.46. The molecule has 6 nitrogen and oxygen atoms in total. The average molecular weight is 308 g/mol. The number of hydrogen-bond acceptors (Lipinski definition) is 5. The first-order chi connectivity index (χ1) is 9.11. The Hall–Kier alpha value is -1.83. The first-order valence-electron chi connectivity index (χ1n) is 5.44. The summed E-state index contributed by atoms with van der Waals surface area (Å²) in [6.07, 6.45) is -3.31. The monoisotopic (exact) mass is 307 g/mol. The fourth-order valence-corrected chi connectivity index (χ4v) is 1.41. The van der Waals surface area contributed by atoms with Crippen molar-refractivity contribution in [1.29, 1.82) is 0 Å². The number of halogens is 3. The molecule has 20 heavy (non-hydrogen) atoms. The molecule has 0 atom stereocenters. The van der Waals surface area contributed by atoms with Gasteiger partial charge >= 0.3 is 12.5 Å². The molecule has 0 radical (unpaired) electrons. The lowest BCUT2D eigenvalue weighted by atomic mass is 10.2. The molecule has 0 bridgehead atoms. The SMILES string of the molecule is CC(C)(C)OC(=O)Nc1ncnc(Cl)c1C(=O)C(F)F. The Morgan fingerprint density at radius 3 is 2.45 bits per heavy atom. The largest absolute Gasteiger partial charge is 0.444 e. The molecule has 0 spiro atoms. The van der Waals surface area contributed by atoms with Gasteiger partial charge in [0.05, 0.1) is 0 Å². The summed E-state index contributed by atoms with van der Waals surface area (Å²) < 4.78 is 29.9. The van der Waals surface area contributed by atoms with Crippen molar-refractivity contribution in [3.05, 3.63) is 17.0 Å². The fourth-order valence-electron chi connectivity index (χ4n) is 1.19. The summed E-state index contributed by atoms with van der Waals surface area (Å²) in [7, 11) is 0. The van der Waals surface area contributed by atoms with E-state index >= 15 is 0 Å². The molecule has 1 N–H and O–H groups in total. The van der Waals surface area contributed by atoms with Crippen molar-refractivity contribution in [3.8, 4) is 0 Å². The van der Waals surface area contributed by atoms with Crippen molar-refractivity contribution >= 4 is 29.3 Å². The molecule has 1 aromatic rings. The third-order valence-electron chi connectivity index (χ3n) is 1.86. The number of ketones is 1. The second-order valence-electron chi connectivity index (χ2n) is 4.68. The van der Waals surface area contributed by atoms with Gasteiger partial charge in [-0.1, -0.05) is 11.6 Å². The van der Waals surface area contributed by atoms with Crippen LogP contribution in [0.3, 0.4) is 0 Å². The minimum absolute atomic E-state index is 0.426. The number of nitrogens with zero attached hydrogens (tertiary/aromatic N) is 2. The zero-order valence-electron chi connectivity index (χ0n) is 10.9. The first-order valence-corrected chi connectivity index (χ1v) is 5.82. The summed E-state index contributed by atoms with van der Waals surface area (Å²) in [5.74, 6) is -2.01. The summed E-state index contributed by atoms with van der Waals surface area (Å²) in [5, 5.41) is 1.62. The molecule has 0 saturated heterocycles. The molecule has 0 saturated carbocycles. The normalized spacial score (nSPS) is 11.3. The van der Waals surface area contributed by atoms with Crippen molar-refractivity contribution < 1.29 is 23.1 Å². The smallest absolute Gasteiger partial charge is 0.413 e. The van der Waals surface area contributed by atoms with Crippen molar-refractivity contribution in [2.24, 2.45) is 0 Å². The van der Waals surface area contributed by atoms with Crippen molar-refractivity contribution in [2.75, 3.05) is 5.32 Å². The van der Waals surface area contributed by atoms with Gasteiger partial charge in [0, 0.05) is 0 Å². The van der Waals surface area contributed by atoms with Gasteiger partial charge in [-0.05, 0) is 20.8 Å². The zero-order chi connectivity index (χ0) is 15.5. The molecular weight excluding hydrogens is 296 g/mol. The molecule has 110 valence electrons. The third-order valence-corrected chi connectivity index (χ3v) is 2.15. The van der Waals surface area contributed by atoms with Crippen LogP contribution < -0.4 is 5.32 Å². The van der Waals surface area contributed by atoms with Gasteiger partial charge in [0.1, 0.15) is 22.6 Å². The van der Waals surface area contributed by atoms with Crippen LogP contribution in [0.2, 0.25) is 5.15 Å². The molecule has 0 aliphatic heterocycles. The van der Waals surface area contributed by atoms with Crippen molar-refractivity contribution in [2.45, 2.75) is 32.8 Å². The van der Waals surface area contributed by atoms with Gasteiger partial charge in [-0.3, -0.25) is 10.1 Å². The van der Waals surface area contributed by atoms with E-state index in [9.17, 15) is 18.4 Å². The number of alkyl halides is 2. The van der Waals surface area contributed by atoms with Gasteiger partial charge in [-0.15, -0.1) is 0 Å². The van der Waals surface area contributed by atoms with Crippen LogP contribution in [-0.4, -0.2) is 33.9 Å². The zero-order valence-corrected chi connectivity index (χ0v) is 11.7. The van der Waals surface area contributed by atoms with Gasteiger partial charge in [0.2, 0.25) is 5.78 Å². The van der Waals surface area contributed by atoms with Crippen LogP contribution >= 0.6 is 11.6 Å². The quantitative estimate of drug-likeness (QED) is 0.686. The van der Waals surface area contributed by atoms with Crippen LogP contribution in [0.15, 0.2) is 6.33 Å². The fraction of sp³-hybridized carbons (Fsp3) is 0.455. The Bertz CT molecular complexity index is 532. The minimum atomic E-state index is -3.29. The summed E-state index contributed by atoms with van der Waals surface area (Å²) in [6.45, 7) is 4.85. The number of Topliss-reactive ketones (excluding diaryl/α,β-unsaturated/α-hetero) is 1. The average Bonchev–Trinajstić information content (AvgIpc) is 2.25. The molecular formula is C11H12ClF2N3O3. The highest BCUT2D eigenvalue weighted by molar-refractivity contribution is 6.33. The molecule has 0 fully saturated rings. The standard InChI is InChI=1S/C11H12ClF2N3O3/c1-11(2,3)20-10(19)17-9-5(6(18)8(13)14)7(12)15-4-16-9/h4,8H,1-3H3,(H,15,16,17,19). The van der Waals surface area contributed by atoms with Crippen LogP contribution in [0, 0.1) is 0 Å². The Morgan fingerprint density at radius 1 is 1.35 bits per heavy atom. The van der Waals surface area contributed by atoms with E-state index in [0.717, 1.165) is 6.33 Å². The van der Waals surface area contributed by atoms with E-state index in [4.69, 9.17) is 16.3 Å². The summed E-state index contributed by atoms with van der Waals surface area (Å²) in [6, 6.07) is 0. The molecule has 1 heterocycles. The lowest BCUT2D eigenvalue weighted by Crippen LogP contribution is -2.28. The van der Waals surface area contributed by atoms with Gasteiger partial charge in [-0.2, -0.15) is 0 Å². The number of hydrogen-bond donors (Lipinski definition) is 1. The number of carbonyl (C=O) groups is 2. The highest BCUT2D eigenvalue weighted by atomic mass is 35.5. The first kappa shape index (κ1) is 16.2. The number of ether oxygens (including phenoxy) is 1. The number of amides is 1. The van der Waals surface area contributed by atoms with Crippen LogP contribution in [0.5, 0.6) is 0 Å². The molecule has 0 aliphatic rings. The maximum absolute atomic E-state index is 12.5. The second-order valence-corrected chi connectivity index (χ2v) is 5.04. The maximum Gasteiger partial charge on any atom is 0.413 e. The lowest BCUT2D eigenvalue weighted by molar-refractivity contribution is 0.0634. The molecule has 0 unspecified atom stereocenters. The number of nitrogens with one attached hydrogen (secondary N) is 1. The highest BCUT2D eigenvalue weighted by Gasteiger charge is 2.27. The number of aromatic nitrogens is 2. The van der Waals surface area contributed by atoms with E-state index in [2.05, 4.69) is 15.3 Å². The number of rotatable bonds is 3. The molecule has 1 rings (SSSR count). The van der Waals surface area contributed by atoms with E-state index in [1.54, 1.807) is 20.8 Å². The molecule has 9 heteroatoms. The van der Waals surface area contributed by atoms with E-state index < -0.39 is 40.4 Å². The molecule has 0 aromatic carbocycles. The van der Waals surface area contributed by atoms with E-state index in [1.165, 1.54) is 0 Å². The maximum atomic E-state index is 12.5. The molecule has 1 amide bonds. The lowest BCUT2D eigenvalue weighted by Gasteiger charge is -2.20. The topological polar surface area (TPSA) is 81.2 Å². The number of carbonyl (C=O) groups excluding carboxylic acids is 2. The third kappa shape index (κ3) is 4.37. The minimum Gasteiger partial charge on any atom is -0.444 e. The van der Waals surface area contributed by atoms with Gasteiger partial charge in [0.25, 0.3) is 0 Å². The van der Waals surface area contributed by atoms with Crippen molar-refractivity contribution in [3.63, 3.8) is 0 Å². The Kier molecular flexibility index (Phi) is 4.93.